The number of aliphatic hydroxyl groups excluding tert-OH is 1. The minimum Gasteiger partial charge on any atom is -0.508 e. The van der Waals surface area contributed by atoms with Gasteiger partial charge in [-0.2, -0.15) is 5.10 Å². The monoisotopic (exact) mass is 360 g/mol. The van der Waals surface area contributed by atoms with Crippen LogP contribution in [-0.4, -0.2) is 32.1 Å². The van der Waals surface area contributed by atoms with E-state index in [0.717, 1.165) is 29.9 Å². The molecule has 1 heterocycles. The molecule has 0 spiro atoms. The average Bonchev–Trinajstić information content (AvgIpc) is 2.87. The van der Waals surface area contributed by atoms with Crippen molar-refractivity contribution < 1.29 is 15.0 Å². The summed E-state index contributed by atoms with van der Waals surface area (Å²) in [6.07, 6.45) is 0.138. The maximum Gasteiger partial charge on any atom is 0.315 e. The molecule has 0 aliphatic heterocycles. The zero-order valence-corrected chi connectivity index (χ0v) is 15.8. The van der Waals surface area contributed by atoms with Crippen LogP contribution in [0.1, 0.15) is 48.9 Å². The molecule has 7 heteroatoms. The lowest BCUT2D eigenvalue weighted by Crippen LogP contribution is -2.43. The van der Waals surface area contributed by atoms with E-state index in [4.69, 9.17) is 0 Å². The first kappa shape index (κ1) is 19.8. The highest BCUT2D eigenvalue weighted by Gasteiger charge is 2.19. The molecule has 2 rings (SSSR count). The first-order chi connectivity index (χ1) is 12.3. The summed E-state index contributed by atoms with van der Waals surface area (Å²) in [4.78, 5) is 12.2. The number of aliphatic hydroxyl groups is 1. The molecular formula is C19H28N4O3. The molecule has 26 heavy (non-hydrogen) atoms. The second kappa shape index (κ2) is 8.71. The predicted molar refractivity (Wildman–Crippen MR) is 99.9 cm³/mol. The lowest BCUT2D eigenvalue weighted by atomic mass is 10.0. The number of nitrogens with zero attached hydrogens (tertiary/aromatic N) is 2. The quantitative estimate of drug-likeness (QED) is 0.610. The van der Waals surface area contributed by atoms with Crippen LogP contribution in [0.3, 0.4) is 0 Å². The second-order valence-corrected chi connectivity index (χ2v) is 6.52. The summed E-state index contributed by atoms with van der Waals surface area (Å²) >= 11 is 0. The summed E-state index contributed by atoms with van der Waals surface area (Å²) in [5.41, 5.74) is 3.61. The maximum absolute atomic E-state index is 12.2. The van der Waals surface area contributed by atoms with Gasteiger partial charge >= 0.3 is 6.03 Å². The van der Waals surface area contributed by atoms with Crippen molar-refractivity contribution in [1.82, 2.24) is 20.4 Å². The molecule has 0 saturated carbocycles. The molecule has 4 N–H and O–H groups in total. The van der Waals surface area contributed by atoms with Crippen molar-refractivity contribution in [1.29, 1.82) is 0 Å². The van der Waals surface area contributed by atoms with Crippen LogP contribution in [0, 0.1) is 13.8 Å². The molecule has 2 atom stereocenters. The number of carbonyl (C=O) groups is 1. The van der Waals surface area contributed by atoms with Crippen LogP contribution in [0.25, 0.3) is 0 Å². The van der Waals surface area contributed by atoms with Crippen molar-refractivity contribution in [2.45, 2.75) is 59.4 Å². The maximum atomic E-state index is 12.2. The Bertz CT molecular complexity index is 740. The van der Waals surface area contributed by atoms with E-state index in [1.54, 1.807) is 19.1 Å². The number of benzene rings is 1. The summed E-state index contributed by atoms with van der Waals surface area (Å²) in [5, 5.41) is 29.7. The van der Waals surface area contributed by atoms with Crippen LogP contribution in [0.5, 0.6) is 5.75 Å². The molecule has 0 aliphatic rings. The van der Waals surface area contributed by atoms with Gasteiger partial charge in [0.15, 0.2) is 0 Å². The first-order valence-electron chi connectivity index (χ1n) is 8.87. The molecule has 0 bridgehead atoms. The predicted octanol–water partition coefficient (Wildman–Crippen LogP) is 2.54. The van der Waals surface area contributed by atoms with E-state index in [1.165, 1.54) is 12.1 Å². The Labute approximate surface area is 154 Å². The van der Waals surface area contributed by atoms with Gasteiger partial charge in [0, 0.05) is 24.3 Å². The van der Waals surface area contributed by atoms with Gasteiger partial charge in [-0.15, -0.1) is 0 Å². The third kappa shape index (κ3) is 4.76. The summed E-state index contributed by atoms with van der Waals surface area (Å²) < 4.78 is 1.96. The van der Waals surface area contributed by atoms with E-state index in [0.29, 0.717) is 12.1 Å². The number of nitrogens with one attached hydrogen (secondary N) is 2. The number of rotatable bonds is 7. The van der Waals surface area contributed by atoms with Gasteiger partial charge in [-0.3, -0.25) is 4.68 Å². The number of amides is 2. The van der Waals surface area contributed by atoms with Crippen molar-refractivity contribution in [2.75, 3.05) is 0 Å². The first-order valence-corrected chi connectivity index (χ1v) is 8.87. The normalized spacial score (nSPS) is 13.3. The van der Waals surface area contributed by atoms with E-state index in [9.17, 15) is 15.0 Å². The number of hydrogen-bond acceptors (Lipinski definition) is 4. The van der Waals surface area contributed by atoms with Crippen molar-refractivity contribution in [2.24, 2.45) is 0 Å². The highest BCUT2D eigenvalue weighted by atomic mass is 16.3. The second-order valence-electron chi connectivity index (χ2n) is 6.52. The number of carbonyl (C=O) groups excluding carboxylic acids is 1. The summed E-state index contributed by atoms with van der Waals surface area (Å²) in [6, 6.07) is 5.44. The van der Waals surface area contributed by atoms with Crippen LogP contribution in [0.2, 0.25) is 0 Å². The standard InChI is InChI=1S/C19H28N4O3/c1-5-10-23-14(4)17(12(2)22-23)11-20-19(26)21-13(3)18(25)15-6-8-16(24)9-7-15/h6-9,13,18,24-25H,5,10-11H2,1-4H3,(H2,20,21,26)/t13-,18-/m1/s1. The highest BCUT2D eigenvalue weighted by molar-refractivity contribution is 5.74. The third-order valence-electron chi connectivity index (χ3n) is 4.46. The minimum atomic E-state index is -0.864. The van der Waals surface area contributed by atoms with Crippen molar-refractivity contribution in [3.63, 3.8) is 0 Å². The van der Waals surface area contributed by atoms with Crippen molar-refractivity contribution in [3.05, 3.63) is 46.8 Å². The molecule has 0 aliphatic carbocycles. The van der Waals surface area contributed by atoms with Gasteiger partial charge in [0.05, 0.1) is 17.8 Å². The molecule has 1 aromatic carbocycles. The fourth-order valence-electron chi connectivity index (χ4n) is 2.88. The Balaban J connectivity index is 1.91. The molecule has 2 amide bonds. The molecular weight excluding hydrogens is 332 g/mol. The largest absolute Gasteiger partial charge is 0.508 e. The van der Waals surface area contributed by atoms with Gasteiger partial charge in [-0.25, -0.2) is 4.79 Å². The molecule has 2 aromatic rings. The number of phenols is 1. The smallest absolute Gasteiger partial charge is 0.315 e. The van der Waals surface area contributed by atoms with E-state index in [-0.39, 0.29) is 11.8 Å². The van der Waals surface area contributed by atoms with Crippen LogP contribution < -0.4 is 10.6 Å². The van der Waals surface area contributed by atoms with E-state index < -0.39 is 12.1 Å². The molecule has 7 nitrogen and oxygen atoms in total. The number of urea groups is 1. The van der Waals surface area contributed by atoms with Gasteiger partial charge in [-0.1, -0.05) is 19.1 Å². The molecule has 0 radical (unpaired) electrons. The molecule has 0 fully saturated rings. The van der Waals surface area contributed by atoms with Crippen LogP contribution >= 0.6 is 0 Å². The number of aryl methyl sites for hydroxylation is 2. The van der Waals surface area contributed by atoms with Gasteiger partial charge in [0.25, 0.3) is 0 Å². The Morgan fingerprint density at radius 3 is 2.54 bits per heavy atom. The zero-order chi connectivity index (χ0) is 19.3. The fourth-order valence-corrected chi connectivity index (χ4v) is 2.88. The zero-order valence-electron chi connectivity index (χ0n) is 15.8. The Morgan fingerprint density at radius 1 is 1.27 bits per heavy atom. The Hall–Kier alpha value is -2.54. The lowest BCUT2D eigenvalue weighted by Gasteiger charge is -2.21. The minimum absolute atomic E-state index is 0.133. The summed E-state index contributed by atoms with van der Waals surface area (Å²) in [6.45, 7) is 9.01. The summed E-state index contributed by atoms with van der Waals surface area (Å²) in [7, 11) is 0. The van der Waals surface area contributed by atoms with Gasteiger partial charge < -0.3 is 20.8 Å². The average molecular weight is 360 g/mol. The van der Waals surface area contributed by atoms with E-state index in [1.807, 2.05) is 18.5 Å². The fraction of sp³-hybridized carbons (Fsp3) is 0.474. The number of hydrogen-bond donors (Lipinski definition) is 4. The third-order valence-corrected chi connectivity index (χ3v) is 4.46. The van der Waals surface area contributed by atoms with E-state index in [2.05, 4.69) is 22.7 Å². The van der Waals surface area contributed by atoms with Gasteiger partial charge in [-0.05, 0) is 44.9 Å². The van der Waals surface area contributed by atoms with Crippen molar-refractivity contribution in [3.8, 4) is 5.75 Å². The van der Waals surface area contributed by atoms with Crippen LogP contribution in [-0.2, 0) is 13.1 Å². The SMILES string of the molecule is CCCn1nc(C)c(CNC(=O)N[C@H](C)[C@@H](O)c2ccc(O)cc2)c1C. The highest BCUT2D eigenvalue weighted by Crippen LogP contribution is 2.19. The Kier molecular flexibility index (Phi) is 6.63. The lowest BCUT2D eigenvalue weighted by molar-refractivity contribution is 0.137. The van der Waals surface area contributed by atoms with Crippen LogP contribution in [0.4, 0.5) is 4.79 Å². The number of phenolic OH excluding ortho intramolecular Hbond substituents is 1. The molecule has 0 saturated heterocycles. The molecule has 1 aromatic heterocycles. The van der Waals surface area contributed by atoms with Crippen molar-refractivity contribution >= 4 is 6.03 Å². The van der Waals surface area contributed by atoms with Gasteiger partial charge in [0.2, 0.25) is 0 Å². The number of aromatic hydroxyl groups is 1. The summed E-state index contributed by atoms with van der Waals surface area (Å²) in [5.74, 6) is 0.133. The van der Waals surface area contributed by atoms with Gasteiger partial charge in [0.1, 0.15) is 5.75 Å². The molecule has 142 valence electrons. The molecule has 0 unspecified atom stereocenters. The number of aromatic nitrogens is 2. The van der Waals surface area contributed by atoms with E-state index >= 15 is 0 Å². The Morgan fingerprint density at radius 2 is 1.92 bits per heavy atom. The topological polar surface area (TPSA) is 99.4 Å². The van der Waals surface area contributed by atoms with Crippen LogP contribution in [0.15, 0.2) is 24.3 Å².